The molecule has 0 saturated carbocycles. The first kappa shape index (κ1) is 23.9. The molecule has 0 radical (unpaired) electrons. The summed E-state index contributed by atoms with van der Waals surface area (Å²) in [7, 11) is 1.65. The van der Waals surface area contributed by atoms with Gasteiger partial charge in [-0.15, -0.1) is 0 Å². The molecule has 0 aliphatic carbocycles. The third-order valence-corrected chi connectivity index (χ3v) is 5.61. The Bertz CT molecular complexity index is 1350. The number of ether oxygens (including phenoxy) is 1. The fraction of sp³-hybridized carbons (Fsp3) is 0.154. The summed E-state index contributed by atoms with van der Waals surface area (Å²) in [6.45, 7) is 2.37. The molecule has 4 N–H and O–H groups in total. The predicted molar refractivity (Wildman–Crippen MR) is 143 cm³/mol. The Morgan fingerprint density at radius 2 is 1.97 bits per heavy atom. The highest BCUT2D eigenvalue weighted by atomic mass is 32.1. The van der Waals surface area contributed by atoms with Gasteiger partial charge in [0, 0.05) is 41.1 Å². The lowest BCUT2D eigenvalue weighted by atomic mass is 10.1. The molecule has 0 aliphatic rings. The first-order valence-corrected chi connectivity index (χ1v) is 11.5. The molecule has 4 rings (SSSR count). The molecule has 0 saturated heterocycles. The molecule has 2 heterocycles. The number of hydrogen-bond acceptors (Lipinski definition) is 5. The van der Waals surface area contributed by atoms with Gasteiger partial charge in [0.1, 0.15) is 5.75 Å². The summed E-state index contributed by atoms with van der Waals surface area (Å²) in [5.41, 5.74) is 7.77. The van der Waals surface area contributed by atoms with Gasteiger partial charge in [0.15, 0.2) is 5.11 Å². The summed E-state index contributed by atoms with van der Waals surface area (Å²) < 4.78 is 5.31. The number of amides is 1. The van der Waals surface area contributed by atoms with Crippen LogP contribution in [0.2, 0.25) is 0 Å². The lowest BCUT2D eigenvalue weighted by Gasteiger charge is -2.09. The van der Waals surface area contributed by atoms with Crippen molar-refractivity contribution in [2.24, 2.45) is 5.10 Å². The Balaban J connectivity index is 1.27. The van der Waals surface area contributed by atoms with Gasteiger partial charge in [0.2, 0.25) is 0 Å². The number of aromatic nitrogens is 2. The number of H-pyrrole nitrogens is 1. The number of nitrogens with zero attached hydrogens (tertiary/aromatic N) is 2. The number of carbonyl (C=O) groups is 1. The van der Waals surface area contributed by atoms with Crippen molar-refractivity contribution < 1.29 is 9.53 Å². The van der Waals surface area contributed by atoms with Crippen molar-refractivity contribution in [1.82, 2.24) is 20.7 Å². The monoisotopic (exact) mass is 486 g/mol. The van der Waals surface area contributed by atoms with Gasteiger partial charge in [-0.25, -0.2) is 0 Å². The third kappa shape index (κ3) is 6.21. The number of aromatic amines is 1. The number of fused-ring (bicyclic) bond motifs is 1. The fourth-order valence-electron chi connectivity index (χ4n) is 3.54. The zero-order chi connectivity index (χ0) is 24.6. The molecule has 4 aromatic rings. The molecule has 178 valence electrons. The topological polar surface area (TPSA) is 103 Å². The summed E-state index contributed by atoms with van der Waals surface area (Å²) in [6.07, 6.45) is 4.38. The van der Waals surface area contributed by atoms with Crippen LogP contribution in [0.5, 0.6) is 5.75 Å². The highest BCUT2D eigenvalue weighted by molar-refractivity contribution is 7.80. The zero-order valence-corrected chi connectivity index (χ0v) is 20.3. The van der Waals surface area contributed by atoms with Crippen LogP contribution in [-0.4, -0.2) is 40.4 Å². The number of nitrogens with one attached hydrogen (secondary N) is 4. The van der Waals surface area contributed by atoms with Crippen LogP contribution in [0.25, 0.3) is 10.9 Å². The predicted octanol–water partition coefficient (Wildman–Crippen LogP) is 4.25. The molecule has 8 nitrogen and oxygen atoms in total. The maximum Gasteiger partial charge on any atom is 0.251 e. The smallest absolute Gasteiger partial charge is 0.251 e. The van der Waals surface area contributed by atoms with Gasteiger partial charge in [0.25, 0.3) is 5.91 Å². The zero-order valence-electron chi connectivity index (χ0n) is 19.5. The standard InChI is InChI=1S/C26H26N6O2S/c1-17(23-5-3-4-13-27-23)31-32-26(35)30-20-8-6-18(7-9-20)25(33)28-14-12-19-16-29-24-11-10-21(34-2)15-22(19)24/h3-11,13,15-16,29H,12,14H2,1-2H3,(H,28,33)(H2,30,32,35)/b31-17+. The van der Waals surface area contributed by atoms with Gasteiger partial charge >= 0.3 is 0 Å². The molecule has 2 aromatic heterocycles. The fourth-order valence-corrected chi connectivity index (χ4v) is 3.70. The normalized spacial score (nSPS) is 11.2. The highest BCUT2D eigenvalue weighted by Crippen LogP contribution is 2.23. The number of hydrazone groups is 1. The van der Waals surface area contributed by atoms with E-state index in [0.717, 1.165) is 33.6 Å². The number of anilines is 1. The lowest BCUT2D eigenvalue weighted by molar-refractivity contribution is 0.0954. The Morgan fingerprint density at radius 3 is 2.71 bits per heavy atom. The average Bonchev–Trinajstić information content (AvgIpc) is 3.30. The van der Waals surface area contributed by atoms with Crippen LogP contribution >= 0.6 is 12.2 Å². The van der Waals surface area contributed by atoms with Crippen molar-refractivity contribution in [1.29, 1.82) is 0 Å². The Kier molecular flexibility index (Phi) is 7.69. The molecule has 0 atom stereocenters. The number of carbonyl (C=O) groups excluding carboxylic acids is 1. The first-order chi connectivity index (χ1) is 17.0. The molecule has 1 amide bonds. The minimum Gasteiger partial charge on any atom is -0.497 e. The largest absolute Gasteiger partial charge is 0.497 e. The molecule has 0 bridgehead atoms. The van der Waals surface area contributed by atoms with E-state index in [1.54, 1.807) is 37.6 Å². The first-order valence-electron chi connectivity index (χ1n) is 11.1. The molecule has 0 spiro atoms. The Labute approximate surface area is 208 Å². The molecule has 2 aromatic carbocycles. The van der Waals surface area contributed by atoms with Gasteiger partial charge in [0.05, 0.1) is 18.5 Å². The van der Waals surface area contributed by atoms with Crippen LogP contribution in [0.1, 0.15) is 28.5 Å². The molecule has 9 heteroatoms. The van der Waals surface area contributed by atoms with E-state index in [1.807, 2.05) is 49.5 Å². The minimum absolute atomic E-state index is 0.134. The highest BCUT2D eigenvalue weighted by Gasteiger charge is 2.08. The van der Waals surface area contributed by atoms with Gasteiger partial charge in [-0.05, 0) is 85.7 Å². The number of benzene rings is 2. The van der Waals surface area contributed by atoms with Crippen LogP contribution in [0.15, 0.2) is 78.2 Å². The van der Waals surface area contributed by atoms with E-state index < -0.39 is 0 Å². The second-order valence-electron chi connectivity index (χ2n) is 7.79. The van der Waals surface area contributed by atoms with Crippen LogP contribution in [0, 0.1) is 0 Å². The van der Waals surface area contributed by atoms with Crippen molar-refractivity contribution in [3.63, 3.8) is 0 Å². The van der Waals surface area contributed by atoms with Crippen LogP contribution in [0.3, 0.4) is 0 Å². The van der Waals surface area contributed by atoms with Crippen LogP contribution < -0.4 is 20.8 Å². The molecular weight excluding hydrogens is 460 g/mol. The quantitative estimate of drug-likeness (QED) is 0.169. The van der Waals surface area contributed by atoms with E-state index >= 15 is 0 Å². The van der Waals surface area contributed by atoms with E-state index in [4.69, 9.17) is 17.0 Å². The van der Waals surface area contributed by atoms with Crippen molar-refractivity contribution >= 4 is 45.5 Å². The summed E-state index contributed by atoms with van der Waals surface area (Å²) in [4.78, 5) is 20.1. The van der Waals surface area contributed by atoms with E-state index in [9.17, 15) is 4.79 Å². The number of thiocarbonyl (C=S) groups is 1. The molecule has 35 heavy (non-hydrogen) atoms. The van der Waals surface area contributed by atoms with Gasteiger partial charge in [-0.3, -0.25) is 15.2 Å². The number of pyridine rings is 1. The second-order valence-corrected chi connectivity index (χ2v) is 8.20. The van der Waals surface area contributed by atoms with Crippen molar-refractivity contribution in [2.75, 3.05) is 19.0 Å². The van der Waals surface area contributed by atoms with E-state index in [-0.39, 0.29) is 5.91 Å². The minimum atomic E-state index is -0.134. The Morgan fingerprint density at radius 1 is 1.14 bits per heavy atom. The number of rotatable bonds is 8. The third-order valence-electron chi connectivity index (χ3n) is 5.42. The number of hydrogen-bond donors (Lipinski definition) is 4. The van der Waals surface area contributed by atoms with E-state index in [2.05, 4.69) is 31.1 Å². The van der Waals surface area contributed by atoms with Gasteiger partial charge in [-0.1, -0.05) is 6.07 Å². The molecule has 0 fully saturated rings. The van der Waals surface area contributed by atoms with E-state index in [1.165, 1.54) is 0 Å². The van der Waals surface area contributed by atoms with Crippen LogP contribution in [0.4, 0.5) is 5.69 Å². The maximum atomic E-state index is 12.6. The van der Waals surface area contributed by atoms with Crippen molar-refractivity contribution in [3.8, 4) is 5.75 Å². The summed E-state index contributed by atoms with van der Waals surface area (Å²) >= 11 is 5.30. The van der Waals surface area contributed by atoms with Gasteiger partial charge in [-0.2, -0.15) is 5.10 Å². The van der Waals surface area contributed by atoms with Gasteiger partial charge < -0.3 is 20.4 Å². The molecule has 0 unspecified atom stereocenters. The van der Waals surface area contributed by atoms with E-state index in [0.29, 0.717) is 29.4 Å². The van der Waals surface area contributed by atoms with Crippen LogP contribution in [-0.2, 0) is 6.42 Å². The summed E-state index contributed by atoms with van der Waals surface area (Å²) in [6, 6.07) is 18.6. The summed E-state index contributed by atoms with van der Waals surface area (Å²) in [5, 5.41) is 11.7. The Hall–Kier alpha value is -4.24. The maximum absolute atomic E-state index is 12.6. The SMILES string of the molecule is COc1ccc2[nH]cc(CCNC(=O)c3ccc(NC(=S)N/N=C(\C)c4ccccn4)cc3)c2c1. The molecule has 0 aliphatic heterocycles. The summed E-state index contributed by atoms with van der Waals surface area (Å²) in [5.74, 6) is 0.672. The van der Waals surface area contributed by atoms with Crippen molar-refractivity contribution in [2.45, 2.75) is 13.3 Å². The average molecular weight is 487 g/mol. The molecular formula is C26H26N6O2S. The lowest BCUT2D eigenvalue weighted by Crippen LogP contribution is -2.26. The second kappa shape index (κ2) is 11.3. The number of methoxy groups -OCH3 is 1. The van der Waals surface area contributed by atoms with Crippen molar-refractivity contribution in [3.05, 3.63) is 89.9 Å².